The number of pyridine rings is 1. The van der Waals surface area contributed by atoms with Gasteiger partial charge in [-0.3, -0.25) is 4.98 Å². The van der Waals surface area contributed by atoms with E-state index < -0.39 is 0 Å². The molecule has 2 N–H and O–H groups in total. The maximum atomic E-state index is 5.98. The van der Waals surface area contributed by atoms with Gasteiger partial charge in [-0.2, -0.15) is 0 Å². The third-order valence-corrected chi connectivity index (χ3v) is 3.53. The number of nitrogens with two attached hydrogens (primary N) is 1. The Kier molecular flexibility index (Phi) is 4.74. The average Bonchev–Trinajstić information content (AvgIpc) is 2.46. The van der Waals surface area contributed by atoms with Crippen molar-refractivity contribution in [1.82, 2.24) is 4.98 Å². The van der Waals surface area contributed by atoms with Crippen molar-refractivity contribution in [3.8, 4) is 0 Å². The first-order chi connectivity index (χ1) is 9.60. The summed E-state index contributed by atoms with van der Waals surface area (Å²) in [7, 11) is 2.08. The summed E-state index contributed by atoms with van der Waals surface area (Å²) in [5.74, 6) is 0. The van der Waals surface area contributed by atoms with Gasteiger partial charge in [-0.25, -0.2) is 0 Å². The molecule has 2 aromatic rings. The zero-order chi connectivity index (χ0) is 14.5. The topological polar surface area (TPSA) is 42.1 Å². The van der Waals surface area contributed by atoms with Crippen molar-refractivity contribution in [2.75, 3.05) is 11.9 Å². The fraction of sp³-hybridized carbons (Fsp3) is 0.353. The molecule has 1 atom stereocenters. The highest BCUT2D eigenvalue weighted by molar-refractivity contribution is 5.44. The van der Waals surface area contributed by atoms with Gasteiger partial charge in [0.25, 0.3) is 0 Å². The van der Waals surface area contributed by atoms with Gasteiger partial charge in [-0.05, 0) is 31.0 Å². The molecule has 106 valence electrons. The molecule has 0 aliphatic carbocycles. The van der Waals surface area contributed by atoms with E-state index in [1.54, 1.807) is 0 Å². The van der Waals surface area contributed by atoms with Gasteiger partial charge in [0.2, 0.25) is 0 Å². The van der Waals surface area contributed by atoms with E-state index in [-0.39, 0.29) is 6.04 Å². The number of hydrogen-bond donors (Lipinski definition) is 1. The van der Waals surface area contributed by atoms with E-state index in [4.69, 9.17) is 5.73 Å². The van der Waals surface area contributed by atoms with Gasteiger partial charge in [0.05, 0.1) is 17.6 Å². The Balaban J connectivity index is 2.07. The van der Waals surface area contributed by atoms with Crippen LogP contribution in [0, 0.1) is 6.92 Å². The van der Waals surface area contributed by atoms with E-state index >= 15 is 0 Å². The second-order valence-electron chi connectivity index (χ2n) is 5.30. The summed E-state index contributed by atoms with van der Waals surface area (Å²) in [5, 5.41) is 0. The van der Waals surface area contributed by atoms with Gasteiger partial charge in [-0.15, -0.1) is 0 Å². The minimum atomic E-state index is 0.0335. The van der Waals surface area contributed by atoms with E-state index in [1.807, 2.05) is 12.3 Å². The van der Waals surface area contributed by atoms with Gasteiger partial charge in [0.15, 0.2) is 0 Å². The fourth-order valence-corrected chi connectivity index (χ4v) is 2.23. The lowest BCUT2D eigenvalue weighted by Crippen LogP contribution is -2.17. The van der Waals surface area contributed by atoms with Crippen LogP contribution in [0.25, 0.3) is 0 Å². The molecule has 0 saturated heterocycles. The van der Waals surface area contributed by atoms with E-state index in [1.165, 1.54) is 11.1 Å². The van der Waals surface area contributed by atoms with Crippen molar-refractivity contribution in [2.45, 2.75) is 32.9 Å². The zero-order valence-corrected chi connectivity index (χ0v) is 12.5. The van der Waals surface area contributed by atoms with Crippen LogP contribution >= 0.6 is 0 Å². The fourth-order valence-electron chi connectivity index (χ4n) is 2.23. The highest BCUT2D eigenvalue weighted by Crippen LogP contribution is 2.18. The molecule has 0 aliphatic rings. The Bertz CT molecular complexity index is 548. The van der Waals surface area contributed by atoms with Crippen molar-refractivity contribution in [3.05, 3.63) is 59.4 Å². The summed E-state index contributed by atoms with van der Waals surface area (Å²) >= 11 is 0. The molecule has 1 aromatic heterocycles. The van der Waals surface area contributed by atoms with Crippen LogP contribution in [0.3, 0.4) is 0 Å². The van der Waals surface area contributed by atoms with Gasteiger partial charge in [-0.1, -0.05) is 36.8 Å². The summed E-state index contributed by atoms with van der Waals surface area (Å²) in [6.45, 7) is 5.07. The quantitative estimate of drug-likeness (QED) is 0.904. The van der Waals surface area contributed by atoms with Crippen molar-refractivity contribution in [2.24, 2.45) is 5.73 Å². The molecule has 0 unspecified atom stereocenters. The first-order valence-corrected chi connectivity index (χ1v) is 7.08. The second kappa shape index (κ2) is 6.53. The normalized spacial score (nSPS) is 12.2. The number of benzene rings is 1. The Morgan fingerprint density at radius 1 is 1.25 bits per heavy atom. The number of aryl methyl sites for hydroxylation is 1. The largest absolute Gasteiger partial charge is 0.369 e. The number of nitrogens with zero attached hydrogens (tertiary/aromatic N) is 2. The molecule has 0 aliphatic heterocycles. The molecule has 20 heavy (non-hydrogen) atoms. The summed E-state index contributed by atoms with van der Waals surface area (Å²) in [5.41, 5.74) is 10.7. The van der Waals surface area contributed by atoms with E-state index in [0.717, 1.165) is 24.3 Å². The monoisotopic (exact) mass is 269 g/mol. The van der Waals surface area contributed by atoms with E-state index in [9.17, 15) is 0 Å². The summed E-state index contributed by atoms with van der Waals surface area (Å²) in [4.78, 5) is 6.66. The molecule has 0 fully saturated rings. The number of hydrogen-bond acceptors (Lipinski definition) is 3. The highest BCUT2D eigenvalue weighted by atomic mass is 15.1. The lowest BCUT2D eigenvalue weighted by molar-refractivity contribution is 0.675. The van der Waals surface area contributed by atoms with Crippen molar-refractivity contribution in [1.29, 1.82) is 0 Å². The predicted octanol–water partition coefficient (Wildman–Crippen LogP) is 3.44. The van der Waals surface area contributed by atoms with Gasteiger partial charge in [0.1, 0.15) is 0 Å². The molecule has 1 aromatic carbocycles. The van der Waals surface area contributed by atoms with Crippen molar-refractivity contribution in [3.63, 3.8) is 0 Å². The maximum Gasteiger partial charge on any atom is 0.0572 e. The highest BCUT2D eigenvalue weighted by Gasteiger charge is 2.07. The number of rotatable bonds is 5. The van der Waals surface area contributed by atoms with E-state index in [0.29, 0.717) is 0 Å². The minimum Gasteiger partial charge on any atom is -0.369 e. The van der Waals surface area contributed by atoms with Gasteiger partial charge >= 0.3 is 0 Å². The molecule has 3 nitrogen and oxygen atoms in total. The standard InChI is InChI=1S/C17H23N3/c1-4-16(18)17-9-8-15(11-19-17)20(3)12-14-7-5-6-13(2)10-14/h5-11,16H,4,12,18H2,1-3H3/t16-/m1/s1. The van der Waals surface area contributed by atoms with Crippen LogP contribution < -0.4 is 10.6 Å². The predicted molar refractivity (Wildman–Crippen MR) is 84.7 cm³/mol. The molecule has 0 amide bonds. The SMILES string of the molecule is CC[C@@H](N)c1ccc(N(C)Cc2cccc(C)c2)cn1. The number of anilines is 1. The van der Waals surface area contributed by atoms with Crippen molar-refractivity contribution < 1.29 is 0 Å². The third-order valence-electron chi connectivity index (χ3n) is 3.53. The lowest BCUT2D eigenvalue weighted by atomic mass is 10.1. The molecule has 0 bridgehead atoms. The Labute approximate surface area is 121 Å². The number of aromatic nitrogens is 1. The van der Waals surface area contributed by atoms with Crippen LogP contribution in [0.4, 0.5) is 5.69 Å². The lowest BCUT2D eigenvalue weighted by Gasteiger charge is -2.20. The Hall–Kier alpha value is -1.87. The van der Waals surface area contributed by atoms with Crippen LogP contribution in [-0.2, 0) is 6.54 Å². The first kappa shape index (κ1) is 14.5. The third kappa shape index (κ3) is 3.58. The van der Waals surface area contributed by atoms with Crippen LogP contribution in [0.2, 0.25) is 0 Å². The molecule has 1 heterocycles. The molecule has 0 saturated carbocycles. The molecular weight excluding hydrogens is 246 g/mol. The van der Waals surface area contributed by atoms with Gasteiger partial charge in [0, 0.05) is 19.6 Å². The smallest absolute Gasteiger partial charge is 0.0572 e. The first-order valence-electron chi connectivity index (χ1n) is 7.08. The molecule has 0 radical (unpaired) electrons. The second-order valence-corrected chi connectivity index (χ2v) is 5.30. The minimum absolute atomic E-state index is 0.0335. The molecule has 2 rings (SSSR count). The van der Waals surface area contributed by atoms with Crippen molar-refractivity contribution >= 4 is 5.69 Å². The summed E-state index contributed by atoms with van der Waals surface area (Å²) < 4.78 is 0. The summed E-state index contributed by atoms with van der Waals surface area (Å²) in [6, 6.07) is 12.7. The van der Waals surface area contributed by atoms with Crippen LogP contribution in [0.1, 0.15) is 36.2 Å². The van der Waals surface area contributed by atoms with Crippen LogP contribution in [0.5, 0.6) is 0 Å². The Morgan fingerprint density at radius 2 is 2.05 bits per heavy atom. The molecular formula is C17H23N3. The van der Waals surface area contributed by atoms with Crippen LogP contribution in [-0.4, -0.2) is 12.0 Å². The molecule has 3 heteroatoms. The van der Waals surface area contributed by atoms with Crippen LogP contribution in [0.15, 0.2) is 42.6 Å². The van der Waals surface area contributed by atoms with E-state index in [2.05, 4.69) is 61.1 Å². The maximum absolute atomic E-state index is 5.98. The van der Waals surface area contributed by atoms with Gasteiger partial charge < -0.3 is 10.6 Å². The average molecular weight is 269 g/mol. The Morgan fingerprint density at radius 3 is 2.65 bits per heavy atom. The molecule has 0 spiro atoms. The summed E-state index contributed by atoms with van der Waals surface area (Å²) in [6.07, 6.45) is 2.81. The zero-order valence-electron chi connectivity index (χ0n) is 12.5.